The number of hydrogen-bond acceptors (Lipinski definition) is 6. The number of halogens is 2. The van der Waals surface area contributed by atoms with Gasteiger partial charge in [0.1, 0.15) is 16.9 Å². The van der Waals surface area contributed by atoms with Crippen molar-refractivity contribution in [2.24, 2.45) is 0 Å². The fraction of sp³-hybridized carbons (Fsp3) is 0.450. The monoisotopic (exact) mass is 485 g/mol. The van der Waals surface area contributed by atoms with Gasteiger partial charge in [0.15, 0.2) is 0 Å². The van der Waals surface area contributed by atoms with Gasteiger partial charge in [-0.25, -0.2) is 19.2 Å². The number of hydrogen-bond donors (Lipinski definition) is 1. The Morgan fingerprint density at radius 2 is 2.03 bits per heavy atom. The molecule has 9 heteroatoms. The van der Waals surface area contributed by atoms with E-state index in [0.29, 0.717) is 15.7 Å². The molecule has 2 rings (SSSR count). The third kappa shape index (κ3) is 5.97. The van der Waals surface area contributed by atoms with Crippen molar-refractivity contribution >= 4 is 33.3 Å². The number of esters is 1. The van der Waals surface area contributed by atoms with Crippen LogP contribution in [0.4, 0.5) is 4.39 Å². The summed E-state index contributed by atoms with van der Waals surface area (Å²) in [6.07, 6.45) is 2.79. The maximum atomic E-state index is 14.8. The van der Waals surface area contributed by atoms with Crippen molar-refractivity contribution in [1.82, 2.24) is 14.7 Å². The van der Waals surface area contributed by atoms with Crippen LogP contribution in [-0.2, 0) is 28.1 Å². The smallest absolute Gasteiger partial charge is 0.341 e. The van der Waals surface area contributed by atoms with Gasteiger partial charge in [0.2, 0.25) is 0 Å². The molecule has 0 aliphatic heterocycles. The molecule has 1 aromatic carbocycles. The summed E-state index contributed by atoms with van der Waals surface area (Å²) in [6, 6.07) is 4.56. The van der Waals surface area contributed by atoms with Crippen molar-refractivity contribution in [1.29, 1.82) is 0 Å². The van der Waals surface area contributed by atoms with Gasteiger partial charge >= 0.3 is 5.97 Å². The Hall–Kier alpha value is -1.55. The van der Waals surface area contributed by atoms with E-state index < -0.39 is 33.4 Å². The zero-order valence-corrected chi connectivity index (χ0v) is 19.5. The second-order valence-electron chi connectivity index (χ2n) is 7.72. The van der Waals surface area contributed by atoms with Gasteiger partial charge in [0.05, 0.1) is 23.4 Å². The van der Waals surface area contributed by atoms with Crippen LogP contribution in [0.25, 0.3) is 0 Å². The molecule has 158 valence electrons. The highest BCUT2D eigenvalue weighted by molar-refractivity contribution is 9.10. The molecular weight excluding hydrogens is 461 g/mol. The molecule has 2 atom stereocenters. The van der Waals surface area contributed by atoms with E-state index in [9.17, 15) is 13.7 Å². The van der Waals surface area contributed by atoms with E-state index >= 15 is 0 Å². The summed E-state index contributed by atoms with van der Waals surface area (Å²) >= 11 is 1.86. The maximum absolute atomic E-state index is 14.8. The Labute approximate surface area is 182 Å². The van der Waals surface area contributed by atoms with Gasteiger partial charge < -0.3 is 9.29 Å². The topological polar surface area (TPSA) is 87.2 Å². The van der Waals surface area contributed by atoms with Crippen LogP contribution >= 0.6 is 15.9 Å². The second kappa shape index (κ2) is 9.51. The van der Waals surface area contributed by atoms with Crippen LogP contribution in [0.3, 0.4) is 0 Å². The molecule has 0 bridgehead atoms. The highest BCUT2D eigenvalue weighted by atomic mass is 79.9. The average molecular weight is 486 g/mol. The average Bonchev–Trinajstić information content (AvgIpc) is 2.63. The molecule has 2 unspecified atom stereocenters. The van der Waals surface area contributed by atoms with Crippen molar-refractivity contribution in [3.63, 3.8) is 0 Å². The number of rotatable bonds is 7. The largest absolute Gasteiger partial charge is 0.598 e. The Bertz CT molecular complexity index is 878. The first-order valence-electron chi connectivity index (χ1n) is 9.09. The summed E-state index contributed by atoms with van der Waals surface area (Å²) in [4.78, 5) is 20.5. The minimum atomic E-state index is -1.51. The van der Waals surface area contributed by atoms with E-state index in [-0.39, 0.29) is 18.6 Å². The van der Waals surface area contributed by atoms with Gasteiger partial charge in [-0.1, -0.05) is 15.9 Å². The summed E-state index contributed by atoms with van der Waals surface area (Å²) in [5, 5.41) is 0. The fourth-order valence-corrected chi connectivity index (χ4v) is 3.93. The Balaban J connectivity index is 2.55. The van der Waals surface area contributed by atoms with Gasteiger partial charge in [-0.15, -0.1) is 4.72 Å². The Morgan fingerprint density at radius 1 is 1.34 bits per heavy atom. The van der Waals surface area contributed by atoms with E-state index in [1.54, 1.807) is 26.0 Å². The fourth-order valence-electron chi connectivity index (χ4n) is 2.67. The lowest BCUT2D eigenvalue weighted by molar-refractivity contribution is 0.0523. The van der Waals surface area contributed by atoms with Crippen LogP contribution in [-0.4, -0.2) is 31.8 Å². The Morgan fingerprint density at radius 3 is 2.66 bits per heavy atom. The first-order chi connectivity index (χ1) is 13.5. The number of carbonyl (C=O) groups is 1. The number of nitrogens with one attached hydrogen (secondary N) is 1. The van der Waals surface area contributed by atoms with Crippen LogP contribution in [0.15, 0.2) is 35.2 Å². The van der Waals surface area contributed by atoms with Crippen LogP contribution < -0.4 is 4.72 Å². The molecule has 0 spiro atoms. The molecule has 0 aliphatic rings. The number of carbonyl (C=O) groups excluding carboxylic acids is 1. The molecule has 0 fully saturated rings. The van der Waals surface area contributed by atoms with E-state index in [4.69, 9.17) is 4.74 Å². The molecule has 2 aromatic rings. The van der Waals surface area contributed by atoms with E-state index in [1.807, 2.05) is 20.8 Å². The van der Waals surface area contributed by atoms with E-state index in [1.165, 1.54) is 18.6 Å². The Kier molecular flexibility index (Phi) is 7.78. The summed E-state index contributed by atoms with van der Waals surface area (Å²) < 4.78 is 36.0. The molecule has 1 heterocycles. The number of benzene rings is 1. The molecule has 1 aromatic heterocycles. The van der Waals surface area contributed by atoms with Crippen LogP contribution in [0.2, 0.25) is 0 Å². The highest BCUT2D eigenvalue weighted by Crippen LogP contribution is 2.33. The van der Waals surface area contributed by atoms with E-state index in [2.05, 4.69) is 30.6 Å². The SMILES string of the molecule is CCOC(=O)c1cncnc1CC(C)(N[S+]([O-])C(C)(C)C)c1cc(Br)ccc1F. The predicted octanol–water partition coefficient (Wildman–Crippen LogP) is 4.06. The summed E-state index contributed by atoms with van der Waals surface area (Å²) in [5.74, 6) is -1.02. The molecule has 0 saturated heterocycles. The lowest BCUT2D eigenvalue weighted by Crippen LogP contribution is -2.51. The molecule has 6 nitrogen and oxygen atoms in total. The zero-order valence-electron chi connectivity index (χ0n) is 17.1. The molecule has 0 radical (unpaired) electrons. The van der Waals surface area contributed by atoms with Crippen LogP contribution in [0, 0.1) is 5.82 Å². The second-order valence-corrected chi connectivity index (χ2v) is 10.6. The number of ether oxygens (including phenoxy) is 1. The van der Waals surface area contributed by atoms with Crippen molar-refractivity contribution in [2.75, 3.05) is 6.61 Å². The minimum absolute atomic E-state index is 0.0961. The van der Waals surface area contributed by atoms with Gasteiger partial charge in [0.25, 0.3) is 0 Å². The van der Waals surface area contributed by atoms with Crippen molar-refractivity contribution < 1.29 is 18.5 Å². The van der Waals surface area contributed by atoms with Crippen LogP contribution in [0.1, 0.15) is 56.2 Å². The first-order valence-corrected chi connectivity index (χ1v) is 11.0. The molecular formula is C20H25BrFN3O3S. The molecule has 0 aliphatic carbocycles. The first kappa shape index (κ1) is 23.7. The summed E-state index contributed by atoms with van der Waals surface area (Å²) in [5.41, 5.74) is -0.252. The summed E-state index contributed by atoms with van der Waals surface area (Å²) in [6.45, 7) is 9.11. The highest BCUT2D eigenvalue weighted by Gasteiger charge is 2.40. The molecule has 0 saturated carbocycles. The van der Waals surface area contributed by atoms with Crippen molar-refractivity contribution in [2.45, 2.75) is 51.3 Å². The minimum Gasteiger partial charge on any atom is -0.598 e. The molecule has 1 N–H and O–H groups in total. The lowest BCUT2D eigenvalue weighted by Gasteiger charge is -2.35. The molecule has 29 heavy (non-hydrogen) atoms. The summed E-state index contributed by atoms with van der Waals surface area (Å²) in [7, 11) is 0. The lowest BCUT2D eigenvalue weighted by atomic mass is 9.87. The van der Waals surface area contributed by atoms with Crippen molar-refractivity contribution in [3.8, 4) is 0 Å². The third-order valence-electron chi connectivity index (χ3n) is 4.21. The van der Waals surface area contributed by atoms with Crippen molar-refractivity contribution in [3.05, 3.63) is 57.8 Å². The number of aromatic nitrogens is 2. The van der Waals surface area contributed by atoms with Gasteiger partial charge in [0, 0.05) is 34.0 Å². The standard InChI is InChI=1S/C20H25BrFN3O3S/c1-6-28-18(26)14-11-23-12-24-17(14)10-20(5,25-29(27)19(2,3)4)15-9-13(21)7-8-16(15)22/h7-9,11-12,25H,6,10H2,1-5H3. The van der Waals surface area contributed by atoms with Crippen LogP contribution in [0.5, 0.6) is 0 Å². The maximum Gasteiger partial charge on any atom is 0.341 e. The van der Waals surface area contributed by atoms with Gasteiger partial charge in [-0.05, 0) is 52.8 Å². The van der Waals surface area contributed by atoms with Gasteiger partial charge in [-0.3, -0.25) is 0 Å². The quantitative estimate of drug-likeness (QED) is 0.469. The molecule has 0 amide bonds. The predicted molar refractivity (Wildman–Crippen MR) is 114 cm³/mol. The van der Waals surface area contributed by atoms with Gasteiger partial charge in [-0.2, -0.15) is 0 Å². The van der Waals surface area contributed by atoms with E-state index in [0.717, 1.165) is 0 Å². The zero-order chi connectivity index (χ0) is 21.8. The normalized spacial score (nSPS) is 14.9. The number of nitrogens with zero attached hydrogens (tertiary/aromatic N) is 2. The third-order valence-corrected chi connectivity index (χ3v) is 6.45.